The molecule has 10 heteroatoms. The summed E-state index contributed by atoms with van der Waals surface area (Å²) in [6.45, 7) is 3.35. The number of aryl methyl sites for hydroxylation is 1. The Labute approximate surface area is 186 Å². The van der Waals surface area contributed by atoms with Gasteiger partial charge in [-0.05, 0) is 56.1 Å². The zero-order chi connectivity index (χ0) is 24.1. The van der Waals surface area contributed by atoms with Gasteiger partial charge in [0, 0.05) is 37.0 Å². The number of carbonyl (C=O) groups excluding carboxylic acids is 1. The standard InChI is InChI=1S/C20H26N4O2.2CH2O2/c1-14-10-17(12-22-18(14)21)15-4-3-5-16(11-15)19(25)23-13-20(26)6-8-24(2)9-7-20;2*2-1-3/h3-5,10-12,26H,6-9,13H2,1-2H3,(H2,21,22)(H,23,25);2*1H,(H,2,3). The number of piperidine rings is 1. The number of carbonyl (C=O) groups is 3. The van der Waals surface area contributed by atoms with Gasteiger partial charge in [-0.1, -0.05) is 12.1 Å². The average molecular weight is 447 g/mol. The van der Waals surface area contributed by atoms with E-state index in [2.05, 4.69) is 15.2 Å². The molecule has 0 bridgehead atoms. The van der Waals surface area contributed by atoms with Gasteiger partial charge in [-0.2, -0.15) is 0 Å². The summed E-state index contributed by atoms with van der Waals surface area (Å²) in [6.07, 6.45) is 3.04. The number of likely N-dealkylation sites (tertiary alicyclic amines) is 1. The van der Waals surface area contributed by atoms with Crippen molar-refractivity contribution in [3.8, 4) is 11.1 Å². The predicted octanol–water partition coefficient (Wildman–Crippen LogP) is 1.23. The second-order valence-electron chi connectivity index (χ2n) is 7.43. The Morgan fingerprint density at radius 3 is 2.34 bits per heavy atom. The first kappa shape index (κ1) is 26.5. The van der Waals surface area contributed by atoms with Gasteiger partial charge in [0.1, 0.15) is 5.82 Å². The van der Waals surface area contributed by atoms with Crippen LogP contribution >= 0.6 is 0 Å². The summed E-state index contributed by atoms with van der Waals surface area (Å²) in [7, 11) is 2.04. The Hall–Kier alpha value is -3.50. The first-order valence-corrected chi connectivity index (χ1v) is 9.87. The Balaban J connectivity index is 0.000000769. The summed E-state index contributed by atoms with van der Waals surface area (Å²) in [4.78, 5) is 35.6. The number of rotatable bonds is 4. The van der Waals surface area contributed by atoms with E-state index >= 15 is 0 Å². The molecule has 2 aromatic rings. The molecule has 1 aromatic carbocycles. The number of hydrogen-bond donors (Lipinski definition) is 5. The van der Waals surface area contributed by atoms with Crippen molar-refractivity contribution in [2.75, 3.05) is 32.4 Å². The molecule has 1 saturated heterocycles. The van der Waals surface area contributed by atoms with Crippen molar-refractivity contribution in [1.82, 2.24) is 15.2 Å². The first-order chi connectivity index (χ1) is 15.2. The molecular formula is C22H30N4O6. The second-order valence-corrected chi connectivity index (χ2v) is 7.43. The second kappa shape index (κ2) is 13.0. The van der Waals surface area contributed by atoms with Crippen molar-refractivity contribution in [3.63, 3.8) is 0 Å². The smallest absolute Gasteiger partial charge is 0.290 e. The molecule has 1 amide bonds. The monoisotopic (exact) mass is 446 g/mol. The van der Waals surface area contributed by atoms with Crippen LogP contribution in [0.25, 0.3) is 11.1 Å². The third kappa shape index (κ3) is 8.32. The van der Waals surface area contributed by atoms with E-state index in [1.165, 1.54) is 0 Å². The van der Waals surface area contributed by atoms with Crippen LogP contribution in [0.1, 0.15) is 28.8 Å². The van der Waals surface area contributed by atoms with E-state index in [-0.39, 0.29) is 25.4 Å². The van der Waals surface area contributed by atoms with Crippen molar-refractivity contribution < 1.29 is 29.7 Å². The molecule has 1 aromatic heterocycles. The Bertz CT molecular complexity index is 892. The minimum Gasteiger partial charge on any atom is -0.483 e. The van der Waals surface area contributed by atoms with Crippen molar-refractivity contribution in [2.24, 2.45) is 0 Å². The molecule has 0 spiro atoms. The number of nitrogen functional groups attached to an aromatic ring is 1. The van der Waals surface area contributed by atoms with Crippen LogP contribution in [0.5, 0.6) is 0 Å². The molecule has 32 heavy (non-hydrogen) atoms. The van der Waals surface area contributed by atoms with Crippen LogP contribution in [0.15, 0.2) is 36.5 Å². The number of carboxylic acid groups (broad SMARTS) is 2. The summed E-state index contributed by atoms with van der Waals surface area (Å²) in [5.41, 5.74) is 8.25. The minimum atomic E-state index is -0.822. The molecule has 0 saturated carbocycles. The highest BCUT2D eigenvalue weighted by Crippen LogP contribution is 2.23. The Morgan fingerprint density at radius 1 is 1.19 bits per heavy atom. The SMILES string of the molecule is Cc1cc(-c2cccc(C(=O)NCC3(O)CCN(C)CC3)c2)cnc1N.O=CO.O=CO. The van der Waals surface area contributed by atoms with E-state index in [9.17, 15) is 9.90 Å². The maximum atomic E-state index is 12.5. The van der Waals surface area contributed by atoms with E-state index in [0.717, 1.165) is 29.8 Å². The lowest BCUT2D eigenvalue weighted by atomic mass is 9.91. The largest absolute Gasteiger partial charge is 0.483 e. The number of pyridine rings is 1. The van der Waals surface area contributed by atoms with Gasteiger partial charge in [0.15, 0.2) is 0 Å². The normalized spacial score (nSPS) is 14.6. The van der Waals surface area contributed by atoms with Gasteiger partial charge in [0.2, 0.25) is 0 Å². The Morgan fingerprint density at radius 2 is 1.78 bits per heavy atom. The summed E-state index contributed by atoms with van der Waals surface area (Å²) in [6, 6.07) is 9.35. The molecule has 174 valence electrons. The van der Waals surface area contributed by atoms with Crippen LogP contribution in [-0.4, -0.2) is 76.3 Å². The molecule has 2 heterocycles. The number of nitrogens with zero attached hydrogens (tertiary/aromatic N) is 2. The highest BCUT2D eigenvalue weighted by atomic mass is 16.3. The van der Waals surface area contributed by atoms with Crippen molar-refractivity contribution in [1.29, 1.82) is 0 Å². The quantitative estimate of drug-likeness (QED) is 0.434. The van der Waals surface area contributed by atoms with Crippen LogP contribution in [0.2, 0.25) is 0 Å². The van der Waals surface area contributed by atoms with Crippen molar-refractivity contribution >= 4 is 24.7 Å². The molecule has 1 aliphatic rings. The summed E-state index contributed by atoms with van der Waals surface area (Å²) in [5, 5.41) is 27.3. The molecule has 1 aliphatic heterocycles. The fraction of sp³-hybridized carbons (Fsp3) is 0.364. The zero-order valence-electron chi connectivity index (χ0n) is 18.2. The number of benzene rings is 1. The highest BCUT2D eigenvalue weighted by molar-refractivity contribution is 5.95. The maximum Gasteiger partial charge on any atom is 0.290 e. The number of aromatic nitrogens is 1. The van der Waals surface area contributed by atoms with Gasteiger partial charge < -0.3 is 31.3 Å². The van der Waals surface area contributed by atoms with Gasteiger partial charge in [0.25, 0.3) is 18.9 Å². The average Bonchev–Trinajstić information content (AvgIpc) is 2.77. The van der Waals surface area contributed by atoms with E-state index < -0.39 is 5.60 Å². The molecule has 6 N–H and O–H groups in total. The van der Waals surface area contributed by atoms with Crippen LogP contribution < -0.4 is 11.1 Å². The highest BCUT2D eigenvalue weighted by Gasteiger charge is 2.31. The fourth-order valence-corrected chi connectivity index (χ4v) is 3.14. The third-order valence-electron chi connectivity index (χ3n) is 5.07. The van der Waals surface area contributed by atoms with Crippen LogP contribution in [0.4, 0.5) is 5.82 Å². The van der Waals surface area contributed by atoms with E-state index in [1.807, 2.05) is 38.2 Å². The lowest BCUT2D eigenvalue weighted by molar-refractivity contribution is -0.123. The van der Waals surface area contributed by atoms with E-state index in [1.54, 1.807) is 12.3 Å². The number of amides is 1. The number of anilines is 1. The molecule has 3 rings (SSSR count). The molecule has 0 unspecified atom stereocenters. The van der Waals surface area contributed by atoms with E-state index in [0.29, 0.717) is 24.2 Å². The lowest BCUT2D eigenvalue weighted by Gasteiger charge is -2.36. The Kier molecular flexibility index (Phi) is 10.8. The topological polar surface area (TPSA) is 166 Å². The molecule has 10 nitrogen and oxygen atoms in total. The third-order valence-corrected chi connectivity index (χ3v) is 5.07. The first-order valence-electron chi connectivity index (χ1n) is 9.87. The summed E-state index contributed by atoms with van der Waals surface area (Å²) >= 11 is 0. The number of nitrogens with one attached hydrogen (secondary N) is 1. The number of nitrogens with two attached hydrogens (primary N) is 1. The predicted molar refractivity (Wildman–Crippen MR) is 120 cm³/mol. The lowest BCUT2D eigenvalue weighted by Crippen LogP contribution is -2.50. The van der Waals surface area contributed by atoms with Crippen molar-refractivity contribution in [2.45, 2.75) is 25.4 Å². The molecule has 0 aliphatic carbocycles. The molecule has 0 atom stereocenters. The maximum absolute atomic E-state index is 12.5. The van der Waals surface area contributed by atoms with Gasteiger partial charge in [-0.15, -0.1) is 0 Å². The van der Waals surface area contributed by atoms with Gasteiger partial charge in [-0.25, -0.2) is 4.98 Å². The van der Waals surface area contributed by atoms with E-state index in [4.69, 9.17) is 25.5 Å². The van der Waals surface area contributed by atoms with Crippen LogP contribution in [0, 0.1) is 6.92 Å². The van der Waals surface area contributed by atoms with Crippen molar-refractivity contribution in [3.05, 3.63) is 47.7 Å². The van der Waals surface area contributed by atoms with Gasteiger partial charge in [0.05, 0.1) is 5.60 Å². The molecular weight excluding hydrogens is 416 g/mol. The van der Waals surface area contributed by atoms with Gasteiger partial charge in [-0.3, -0.25) is 14.4 Å². The zero-order valence-corrected chi connectivity index (χ0v) is 18.2. The summed E-state index contributed by atoms with van der Waals surface area (Å²) in [5.74, 6) is 0.327. The number of aliphatic hydroxyl groups is 1. The van der Waals surface area contributed by atoms with Crippen LogP contribution in [-0.2, 0) is 9.59 Å². The minimum absolute atomic E-state index is 0.181. The van der Waals surface area contributed by atoms with Gasteiger partial charge >= 0.3 is 0 Å². The fourth-order valence-electron chi connectivity index (χ4n) is 3.14. The molecule has 1 fully saturated rings. The van der Waals surface area contributed by atoms with Crippen LogP contribution in [0.3, 0.4) is 0 Å². The number of hydrogen-bond acceptors (Lipinski definition) is 7. The summed E-state index contributed by atoms with van der Waals surface area (Å²) < 4.78 is 0. The molecule has 0 radical (unpaired) electrons.